The van der Waals surface area contributed by atoms with E-state index >= 15 is 0 Å². The molecule has 0 saturated carbocycles. The molecule has 188 valence electrons. The first-order valence-corrected chi connectivity index (χ1v) is 13.3. The summed E-state index contributed by atoms with van der Waals surface area (Å²) in [5, 5.41) is 18.3. The molecule has 0 spiro atoms. The number of benzene rings is 3. The third kappa shape index (κ3) is 5.62. The van der Waals surface area contributed by atoms with Crippen LogP contribution in [-0.2, 0) is 4.74 Å². The van der Waals surface area contributed by atoms with E-state index in [0.29, 0.717) is 37.7 Å². The van der Waals surface area contributed by atoms with Crippen molar-refractivity contribution in [3.8, 4) is 10.6 Å². The molecule has 9 nitrogen and oxygen atoms in total. The van der Waals surface area contributed by atoms with Gasteiger partial charge in [0.05, 0.1) is 34.0 Å². The van der Waals surface area contributed by atoms with E-state index in [9.17, 15) is 14.9 Å². The minimum absolute atomic E-state index is 0.0644. The molecule has 1 aliphatic heterocycles. The molecule has 1 aromatic heterocycles. The van der Waals surface area contributed by atoms with E-state index in [1.54, 1.807) is 23.5 Å². The van der Waals surface area contributed by atoms with Crippen LogP contribution >= 0.6 is 39.5 Å². The van der Waals surface area contributed by atoms with Crippen LogP contribution in [0.15, 0.2) is 65.1 Å². The van der Waals surface area contributed by atoms with Crippen molar-refractivity contribution in [1.82, 2.24) is 10.3 Å². The number of thiazole rings is 1. The second kappa shape index (κ2) is 10.9. The molecule has 1 saturated heterocycles. The molecular weight excluding hydrogens is 578 g/mol. The maximum Gasteiger partial charge on any atom is 0.293 e. The van der Waals surface area contributed by atoms with Crippen LogP contribution in [0, 0.1) is 10.1 Å². The van der Waals surface area contributed by atoms with Gasteiger partial charge in [-0.3, -0.25) is 20.2 Å². The number of nitrogens with zero attached hydrogens (tertiary/aromatic N) is 3. The van der Waals surface area contributed by atoms with Crippen molar-refractivity contribution in [2.24, 2.45) is 0 Å². The zero-order valence-corrected chi connectivity index (χ0v) is 22.5. The van der Waals surface area contributed by atoms with Crippen molar-refractivity contribution in [1.29, 1.82) is 0 Å². The smallest absolute Gasteiger partial charge is 0.293 e. The van der Waals surface area contributed by atoms with Gasteiger partial charge in [0, 0.05) is 34.8 Å². The SMILES string of the molecule is O=C(NC(=S)Nc1ccc(Br)cc1-c1nc2ccccc2s1)c1ccc(N2CCOCC2)c([N+](=O)[O-])c1. The van der Waals surface area contributed by atoms with Crippen LogP contribution < -0.4 is 15.5 Å². The molecule has 2 heterocycles. The number of anilines is 2. The van der Waals surface area contributed by atoms with Gasteiger partial charge in [0.25, 0.3) is 11.6 Å². The maximum atomic E-state index is 12.9. The van der Waals surface area contributed by atoms with Crippen LogP contribution in [0.25, 0.3) is 20.8 Å². The number of fused-ring (bicyclic) bond motifs is 1. The van der Waals surface area contributed by atoms with Gasteiger partial charge in [0.15, 0.2) is 5.11 Å². The molecule has 1 amide bonds. The summed E-state index contributed by atoms with van der Waals surface area (Å²) in [4.78, 5) is 30.8. The Morgan fingerprint density at radius 2 is 1.92 bits per heavy atom. The van der Waals surface area contributed by atoms with Gasteiger partial charge in [-0.1, -0.05) is 28.1 Å². The second-order valence-electron chi connectivity index (χ2n) is 8.14. The summed E-state index contributed by atoms with van der Waals surface area (Å²) in [6.45, 7) is 2.08. The van der Waals surface area contributed by atoms with Gasteiger partial charge in [-0.25, -0.2) is 4.98 Å². The van der Waals surface area contributed by atoms with E-state index in [1.165, 1.54) is 6.07 Å². The lowest BCUT2D eigenvalue weighted by Crippen LogP contribution is -2.37. The Morgan fingerprint density at radius 3 is 2.68 bits per heavy atom. The number of rotatable bonds is 5. The van der Waals surface area contributed by atoms with Crippen LogP contribution in [-0.4, -0.2) is 47.2 Å². The summed E-state index contributed by atoms with van der Waals surface area (Å²) in [5.41, 5.74) is 2.83. The monoisotopic (exact) mass is 597 g/mol. The molecular formula is C25H20BrN5O4S2. The van der Waals surface area contributed by atoms with Gasteiger partial charge in [-0.15, -0.1) is 11.3 Å². The standard InChI is InChI=1S/C25H20BrN5O4S2/c26-16-6-7-18(17(14-16)24-27-19-3-1-2-4-22(19)37-24)28-25(36)29-23(32)15-5-8-20(21(13-15)31(33)34)30-9-11-35-12-10-30/h1-8,13-14H,9-12H2,(H2,28,29,32,36). The number of carbonyl (C=O) groups is 1. The summed E-state index contributed by atoms with van der Waals surface area (Å²) in [5.74, 6) is -0.548. The van der Waals surface area contributed by atoms with E-state index in [2.05, 4.69) is 26.6 Å². The minimum Gasteiger partial charge on any atom is -0.378 e. The first kappa shape index (κ1) is 25.2. The molecule has 0 aliphatic carbocycles. The van der Waals surface area contributed by atoms with Crippen molar-refractivity contribution < 1.29 is 14.5 Å². The Balaban J connectivity index is 1.35. The molecule has 1 aliphatic rings. The van der Waals surface area contributed by atoms with Crippen molar-refractivity contribution in [2.45, 2.75) is 0 Å². The van der Waals surface area contributed by atoms with Crippen molar-refractivity contribution in [3.63, 3.8) is 0 Å². The second-order valence-corrected chi connectivity index (χ2v) is 10.5. The number of hydrogen-bond donors (Lipinski definition) is 2. The van der Waals surface area contributed by atoms with Crippen LogP contribution in [0.2, 0.25) is 0 Å². The predicted molar refractivity (Wildman–Crippen MR) is 153 cm³/mol. The number of carbonyl (C=O) groups excluding carboxylic acids is 1. The molecule has 4 aromatic rings. The number of amides is 1. The lowest BCUT2D eigenvalue weighted by atomic mass is 10.1. The van der Waals surface area contributed by atoms with E-state index in [0.717, 1.165) is 25.3 Å². The number of morpholine rings is 1. The average molecular weight is 599 g/mol. The number of thiocarbonyl (C=S) groups is 1. The topological polar surface area (TPSA) is 110 Å². The summed E-state index contributed by atoms with van der Waals surface area (Å²) >= 11 is 10.5. The zero-order valence-electron chi connectivity index (χ0n) is 19.3. The highest BCUT2D eigenvalue weighted by atomic mass is 79.9. The third-order valence-corrected chi connectivity index (χ3v) is 7.53. The molecule has 2 N–H and O–H groups in total. The fraction of sp³-hybridized carbons (Fsp3) is 0.160. The van der Waals surface area contributed by atoms with E-state index in [4.69, 9.17) is 21.9 Å². The Morgan fingerprint density at radius 1 is 1.14 bits per heavy atom. The fourth-order valence-corrected chi connectivity index (χ4v) is 5.56. The van der Waals surface area contributed by atoms with Crippen LogP contribution in [0.5, 0.6) is 0 Å². The first-order valence-electron chi connectivity index (χ1n) is 11.3. The van der Waals surface area contributed by atoms with Gasteiger partial charge >= 0.3 is 0 Å². The summed E-state index contributed by atoms with van der Waals surface area (Å²) in [7, 11) is 0. The van der Waals surface area contributed by atoms with Gasteiger partial charge in [-0.05, 0) is 54.7 Å². The van der Waals surface area contributed by atoms with E-state index in [-0.39, 0.29) is 16.4 Å². The quantitative estimate of drug-likeness (QED) is 0.174. The Kier molecular flexibility index (Phi) is 7.42. The number of nitro benzene ring substituents is 1. The summed E-state index contributed by atoms with van der Waals surface area (Å²) in [6.07, 6.45) is 0. The summed E-state index contributed by atoms with van der Waals surface area (Å²) in [6, 6.07) is 17.9. The first-order chi connectivity index (χ1) is 17.9. The van der Waals surface area contributed by atoms with E-state index < -0.39 is 10.8 Å². The molecule has 0 unspecified atom stereocenters. The zero-order chi connectivity index (χ0) is 25.9. The highest BCUT2D eigenvalue weighted by Crippen LogP contribution is 2.36. The number of para-hydroxylation sites is 1. The highest BCUT2D eigenvalue weighted by Gasteiger charge is 2.24. The van der Waals surface area contributed by atoms with Gasteiger partial charge in [0.2, 0.25) is 0 Å². The number of nitrogens with one attached hydrogen (secondary N) is 2. The third-order valence-electron chi connectivity index (χ3n) is 5.77. The fourth-order valence-electron chi connectivity index (χ4n) is 4.00. The largest absolute Gasteiger partial charge is 0.378 e. The van der Waals surface area contributed by atoms with Gasteiger partial charge < -0.3 is 15.0 Å². The number of halogens is 1. The number of nitro groups is 1. The Labute approximate surface area is 229 Å². The lowest BCUT2D eigenvalue weighted by molar-refractivity contribution is -0.384. The molecule has 0 radical (unpaired) electrons. The van der Waals surface area contributed by atoms with E-state index in [1.807, 2.05) is 47.4 Å². The van der Waals surface area contributed by atoms with Crippen molar-refractivity contribution in [2.75, 3.05) is 36.5 Å². The molecule has 12 heteroatoms. The maximum absolute atomic E-state index is 12.9. The van der Waals surface area contributed by atoms with Crippen LogP contribution in [0.3, 0.4) is 0 Å². The highest BCUT2D eigenvalue weighted by molar-refractivity contribution is 9.10. The number of ether oxygens (including phenoxy) is 1. The van der Waals surface area contributed by atoms with Crippen LogP contribution in [0.4, 0.5) is 17.1 Å². The van der Waals surface area contributed by atoms with Crippen LogP contribution in [0.1, 0.15) is 10.4 Å². The summed E-state index contributed by atoms with van der Waals surface area (Å²) < 4.78 is 7.26. The lowest BCUT2D eigenvalue weighted by Gasteiger charge is -2.28. The van der Waals surface area contributed by atoms with Gasteiger partial charge in [-0.2, -0.15) is 0 Å². The van der Waals surface area contributed by atoms with Gasteiger partial charge in [0.1, 0.15) is 10.7 Å². The normalized spacial score (nSPS) is 13.4. The average Bonchev–Trinajstić information content (AvgIpc) is 3.34. The Bertz CT molecular complexity index is 1490. The number of aromatic nitrogens is 1. The molecule has 3 aromatic carbocycles. The minimum atomic E-state index is -0.548. The molecule has 1 fully saturated rings. The van der Waals surface area contributed by atoms with Crippen molar-refractivity contribution >= 4 is 77.8 Å². The molecule has 5 rings (SSSR count). The van der Waals surface area contributed by atoms with Crippen molar-refractivity contribution in [3.05, 3.63) is 80.8 Å². The molecule has 0 bridgehead atoms. The number of hydrogen-bond acceptors (Lipinski definition) is 8. The molecule has 37 heavy (non-hydrogen) atoms. The Hall–Kier alpha value is -3.45. The molecule has 0 atom stereocenters. The predicted octanol–water partition coefficient (Wildman–Crippen LogP) is 5.60.